The largest absolute Gasteiger partial charge is 0.444 e. The lowest BCUT2D eigenvalue weighted by molar-refractivity contribution is 0.0210. The van der Waals surface area contributed by atoms with Gasteiger partial charge in [-0.15, -0.1) is 0 Å². The molecule has 22 heavy (non-hydrogen) atoms. The first-order valence-corrected chi connectivity index (χ1v) is 7.48. The summed E-state index contributed by atoms with van der Waals surface area (Å²) in [5.41, 5.74) is 0.0686. The lowest BCUT2D eigenvalue weighted by Crippen LogP contribution is -2.44. The third-order valence-corrected chi connectivity index (χ3v) is 3.42. The summed E-state index contributed by atoms with van der Waals surface area (Å²) in [4.78, 5) is 17.9. The van der Waals surface area contributed by atoms with Crippen LogP contribution in [0.4, 0.5) is 10.6 Å². The molecule has 0 radical (unpaired) electrons. The molecule has 1 amide bonds. The number of rotatable bonds is 2. The smallest absolute Gasteiger partial charge is 0.410 e. The fraction of sp³-hybridized carbons (Fsp3) is 0.562. The van der Waals surface area contributed by atoms with Crippen LogP contribution in [0.5, 0.6) is 0 Å². The van der Waals surface area contributed by atoms with Crippen molar-refractivity contribution in [1.29, 1.82) is 5.26 Å². The maximum absolute atomic E-state index is 12.0. The minimum atomic E-state index is -0.470. The maximum atomic E-state index is 12.0. The number of nitrogens with zero attached hydrogens (tertiary/aromatic N) is 3. The Balaban J connectivity index is 1.88. The number of piperidine rings is 1. The number of carbonyl (C=O) groups excluding carboxylic acids is 1. The summed E-state index contributed by atoms with van der Waals surface area (Å²) in [6, 6.07) is 5.82. The SMILES string of the molecule is CC(C)(C)OC(=O)N1CCC(Nc2ncccc2C#N)CC1. The first kappa shape index (κ1) is 16.1. The van der Waals surface area contributed by atoms with Gasteiger partial charge in [-0.05, 0) is 45.7 Å². The molecule has 0 atom stereocenters. The number of amides is 1. The van der Waals surface area contributed by atoms with Crippen molar-refractivity contribution in [3.63, 3.8) is 0 Å². The van der Waals surface area contributed by atoms with Gasteiger partial charge in [-0.25, -0.2) is 9.78 Å². The number of likely N-dealkylation sites (tertiary alicyclic amines) is 1. The molecule has 1 saturated heterocycles. The molecule has 1 fully saturated rings. The molecule has 0 aromatic carbocycles. The van der Waals surface area contributed by atoms with Gasteiger partial charge in [0.2, 0.25) is 0 Å². The summed E-state index contributed by atoms with van der Waals surface area (Å²) < 4.78 is 5.38. The van der Waals surface area contributed by atoms with Crippen LogP contribution in [-0.2, 0) is 4.74 Å². The summed E-state index contributed by atoms with van der Waals surface area (Å²) >= 11 is 0. The van der Waals surface area contributed by atoms with Crippen LogP contribution in [-0.4, -0.2) is 40.7 Å². The quantitative estimate of drug-likeness (QED) is 0.908. The second kappa shape index (κ2) is 6.65. The molecule has 1 aromatic heterocycles. The number of nitriles is 1. The van der Waals surface area contributed by atoms with Crippen molar-refractivity contribution in [3.8, 4) is 6.07 Å². The Morgan fingerprint density at radius 1 is 1.45 bits per heavy atom. The van der Waals surface area contributed by atoms with E-state index in [1.807, 2.05) is 20.8 Å². The van der Waals surface area contributed by atoms with Gasteiger partial charge >= 0.3 is 6.09 Å². The molecule has 1 aliphatic heterocycles. The van der Waals surface area contributed by atoms with E-state index in [-0.39, 0.29) is 12.1 Å². The van der Waals surface area contributed by atoms with E-state index < -0.39 is 5.60 Å². The standard InChI is InChI=1S/C16H22N4O2/c1-16(2,3)22-15(21)20-9-6-13(7-10-20)19-14-12(11-17)5-4-8-18-14/h4-5,8,13H,6-7,9-10H2,1-3H3,(H,18,19). The Kier molecular flexibility index (Phi) is 4.86. The maximum Gasteiger partial charge on any atom is 0.410 e. The van der Waals surface area contributed by atoms with Crippen LogP contribution in [0.3, 0.4) is 0 Å². The minimum absolute atomic E-state index is 0.209. The molecule has 2 heterocycles. The lowest BCUT2D eigenvalue weighted by Gasteiger charge is -2.34. The second-order valence-electron chi connectivity index (χ2n) is 6.40. The van der Waals surface area contributed by atoms with Crippen LogP contribution in [0.25, 0.3) is 0 Å². The fourth-order valence-electron chi connectivity index (χ4n) is 2.34. The Morgan fingerprint density at radius 3 is 2.73 bits per heavy atom. The summed E-state index contributed by atoms with van der Waals surface area (Å²) in [5.74, 6) is 0.612. The first-order chi connectivity index (χ1) is 10.4. The van der Waals surface area contributed by atoms with Crippen molar-refractivity contribution in [1.82, 2.24) is 9.88 Å². The van der Waals surface area contributed by atoms with Crippen molar-refractivity contribution in [3.05, 3.63) is 23.9 Å². The summed E-state index contributed by atoms with van der Waals surface area (Å²) in [6.45, 7) is 6.87. The molecule has 1 N–H and O–H groups in total. The molecule has 6 heteroatoms. The van der Waals surface area contributed by atoms with E-state index >= 15 is 0 Å². The molecule has 0 bridgehead atoms. The van der Waals surface area contributed by atoms with Gasteiger partial charge in [0.25, 0.3) is 0 Å². The van der Waals surface area contributed by atoms with Crippen LogP contribution in [0.1, 0.15) is 39.2 Å². The van der Waals surface area contributed by atoms with Crippen LogP contribution in [0, 0.1) is 11.3 Å². The third-order valence-electron chi connectivity index (χ3n) is 3.42. The normalized spacial score (nSPS) is 16.0. The summed E-state index contributed by atoms with van der Waals surface area (Å²) in [5, 5.41) is 12.4. The predicted molar refractivity (Wildman–Crippen MR) is 83.4 cm³/mol. The van der Waals surface area contributed by atoms with Gasteiger partial charge in [-0.3, -0.25) is 0 Å². The van der Waals surface area contributed by atoms with E-state index in [1.54, 1.807) is 23.2 Å². The summed E-state index contributed by atoms with van der Waals surface area (Å²) in [7, 11) is 0. The van der Waals surface area contributed by atoms with Crippen LogP contribution < -0.4 is 5.32 Å². The number of nitrogens with one attached hydrogen (secondary N) is 1. The van der Waals surface area contributed by atoms with E-state index in [1.165, 1.54) is 0 Å². The monoisotopic (exact) mass is 302 g/mol. The molecule has 0 spiro atoms. The van der Waals surface area contributed by atoms with Gasteiger partial charge in [0.15, 0.2) is 0 Å². The number of pyridine rings is 1. The number of aromatic nitrogens is 1. The zero-order valence-electron chi connectivity index (χ0n) is 13.3. The molecule has 2 rings (SSSR count). The highest BCUT2D eigenvalue weighted by atomic mass is 16.6. The van der Waals surface area contributed by atoms with Crippen molar-refractivity contribution in [2.75, 3.05) is 18.4 Å². The second-order valence-corrected chi connectivity index (χ2v) is 6.40. The van der Waals surface area contributed by atoms with E-state index in [9.17, 15) is 4.79 Å². The lowest BCUT2D eigenvalue weighted by atomic mass is 10.1. The molecule has 1 aliphatic rings. The summed E-state index contributed by atoms with van der Waals surface area (Å²) in [6.07, 6.45) is 3.02. The molecular weight excluding hydrogens is 280 g/mol. The van der Waals surface area contributed by atoms with Gasteiger partial charge in [-0.2, -0.15) is 5.26 Å². The third kappa shape index (κ3) is 4.35. The Bertz CT molecular complexity index is 566. The molecule has 0 saturated carbocycles. The van der Waals surface area contributed by atoms with Crippen molar-refractivity contribution >= 4 is 11.9 Å². The van der Waals surface area contributed by atoms with Gasteiger partial charge in [0, 0.05) is 25.3 Å². The average molecular weight is 302 g/mol. The van der Waals surface area contributed by atoms with Gasteiger partial charge in [0.05, 0.1) is 5.56 Å². The Labute approximate surface area is 131 Å². The van der Waals surface area contributed by atoms with Gasteiger partial charge < -0.3 is 15.0 Å². The average Bonchev–Trinajstić information content (AvgIpc) is 2.47. The highest BCUT2D eigenvalue weighted by molar-refractivity contribution is 5.68. The zero-order valence-corrected chi connectivity index (χ0v) is 13.3. The van der Waals surface area contributed by atoms with E-state index in [0.29, 0.717) is 24.5 Å². The van der Waals surface area contributed by atoms with E-state index in [0.717, 1.165) is 12.8 Å². The minimum Gasteiger partial charge on any atom is -0.444 e. The molecule has 0 aliphatic carbocycles. The number of carbonyl (C=O) groups is 1. The van der Waals surface area contributed by atoms with Crippen molar-refractivity contribution in [2.45, 2.75) is 45.3 Å². The van der Waals surface area contributed by atoms with Gasteiger partial charge in [-0.1, -0.05) is 0 Å². The van der Waals surface area contributed by atoms with E-state index in [2.05, 4.69) is 16.4 Å². The first-order valence-electron chi connectivity index (χ1n) is 7.48. The molecule has 1 aromatic rings. The molecule has 118 valence electrons. The molecular formula is C16H22N4O2. The van der Waals surface area contributed by atoms with E-state index in [4.69, 9.17) is 10.00 Å². The highest BCUT2D eigenvalue weighted by Gasteiger charge is 2.27. The van der Waals surface area contributed by atoms with Gasteiger partial charge in [0.1, 0.15) is 17.5 Å². The number of ether oxygens (including phenoxy) is 1. The number of anilines is 1. The predicted octanol–water partition coefficient (Wildman–Crippen LogP) is 2.76. The van der Waals surface area contributed by atoms with Crippen LogP contribution in [0.15, 0.2) is 18.3 Å². The molecule has 0 unspecified atom stereocenters. The zero-order chi connectivity index (χ0) is 16.2. The number of hydrogen-bond acceptors (Lipinski definition) is 5. The Morgan fingerprint density at radius 2 is 2.14 bits per heavy atom. The van der Waals surface area contributed by atoms with Crippen LogP contribution in [0.2, 0.25) is 0 Å². The topological polar surface area (TPSA) is 78.2 Å². The Hall–Kier alpha value is -2.29. The number of hydrogen-bond donors (Lipinski definition) is 1. The highest BCUT2D eigenvalue weighted by Crippen LogP contribution is 2.19. The molecule has 6 nitrogen and oxygen atoms in total. The van der Waals surface area contributed by atoms with Crippen molar-refractivity contribution in [2.24, 2.45) is 0 Å². The fourth-order valence-corrected chi connectivity index (χ4v) is 2.34. The van der Waals surface area contributed by atoms with Crippen LogP contribution >= 0.6 is 0 Å². The van der Waals surface area contributed by atoms with Crippen molar-refractivity contribution < 1.29 is 9.53 Å².